The second kappa shape index (κ2) is 8.66. The van der Waals surface area contributed by atoms with Crippen LogP contribution in [0.4, 0.5) is 4.39 Å². The van der Waals surface area contributed by atoms with Gasteiger partial charge in [0.15, 0.2) is 6.10 Å². The first-order valence-corrected chi connectivity index (χ1v) is 8.99. The number of oxime groups is 1. The fourth-order valence-corrected chi connectivity index (χ4v) is 3.10. The molecule has 0 fully saturated rings. The van der Waals surface area contributed by atoms with Gasteiger partial charge >= 0.3 is 0 Å². The zero-order chi connectivity index (χ0) is 19.2. The first-order valence-electron chi connectivity index (χ1n) is 8.99. The summed E-state index contributed by atoms with van der Waals surface area (Å²) in [6.07, 6.45) is 0.770. The third kappa shape index (κ3) is 4.64. The monoisotopic (exact) mass is 370 g/mol. The van der Waals surface area contributed by atoms with Gasteiger partial charge in [0.2, 0.25) is 5.91 Å². The van der Waals surface area contributed by atoms with Gasteiger partial charge in [0.05, 0.1) is 19.4 Å². The minimum atomic E-state index is -0.291. The number of carbonyl (C=O) groups is 1. The van der Waals surface area contributed by atoms with Gasteiger partial charge in [0.1, 0.15) is 11.6 Å². The minimum absolute atomic E-state index is 0.0219. The predicted molar refractivity (Wildman–Crippen MR) is 101 cm³/mol. The summed E-state index contributed by atoms with van der Waals surface area (Å²) in [6.45, 7) is 2.66. The maximum absolute atomic E-state index is 13.1. The summed E-state index contributed by atoms with van der Waals surface area (Å²) < 4.78 is 18.5. The van der Waals surface area contributed by atoms with E-state index in [4.69, 9.17) is 9.57 Å². The third-order valence-corrected chi connectivity index (χ3v) is 4.52. The van der Waals surface area contributed by atoms with Gasteiger partial charge in [-0.2, -0.15) is 0 Å². The van der Waals surface area contributed by atoms with Crippen molar-refractivity contribution in [2.45, 2.75) is 32.4 Å². The summed E-state index contributed by atoms with van der Waals surface area (Å²) in [5.74, 6) is 0.475. The van der Waals surface area contributed by atoms with E-state index >= 15 is 0 Å². The summed E-state index contributed by atoms with van der Waals surface area (Å²) in [5.41, 5.74) is 2.58. The number of halogens is 1. The van der Waals surface area contributed by atoms with Crippen LogP contribution in [0.2, 0.25) is 0 Å². The molecule has 0 unspecified atom stereocenters. The van der Waals surface area contributed by atoms with Gasteiger partial charge in [-0.15, -0.1) is 0 Å². The number of benzene rings is 2. The zero-order valence-corrected chi connectivity index (χ0v) is 15.5. The second-order valence-electron chi connectivity index (χ2n) is 6.42. The van der Waals surface area contributed by atoms with Crippen LogP contribution in [0, 0.1) is 5.82 Å². The van der Waals surface area contributed by atoms with Crippen LogP contribution in [0.3, 0.4) is 0 Å². The number of hydrogen-bond donors (Lipinski definition) is 0. The van der Waals surface area contributed by atoms with Gasteiger partial charge in [0.25, 0.3) is 0 Å². The number of rotatable bonds is 7. The number of ether oxygens (including phenoxy) is 1. The molecule has 27 heavy (non-hydrogen) atoms. The lowest BCUT2D eigenvalue weighted by molar-refractivity contribution is -0.133. The molecule has 142 valence electrons. The summed E-state index contributed by atoms with van der Waals surface area (Å²) in [5, 5.41) is 4.20. The van der Waals surface area contributed by atoms with Crippen molar-refractivity contribution in [3.05, 3.63) is 65.5 Å². The molecule has 6 heteroatoms. The van der Waals surface area contributed by atoms with Crippen molar-refractivity contribution in [1.82, 2.24) is 4.90 Å². The summed E-state index contributed by atoms with van der Waals surface area (Å²) in [4.78, 5) is 19.7. The molecular formula is C21H23FN2O3. The van der Waals surface area contributed by atoms with Crippen LogP contribution < -0.4 is 4.74 Å². The molecule has 0 saturated heterocycles. The van der Waals surface area contributed by atoms with E-state index in [2.05, 4.69) is 5.16 Å². The first kappa shape index (κ1) is 18.9. The Morgan fingerprint density at radius 3 is 2.70 bits per heavy atom. The van der Waals surface area contributed by atoms with Crippen LogP contribution in [0.1, 0.15) is 30.9 Å². The second-order valence-corrected chi connectivity index (χ2v) is 6.42. The highest BCUT2D eigenvalue weighted by atomic mass is 19.1. The third-order valence-electron chi connectivity index (χ3n) is 4.52. The molecule has 1 aliphatic rings. The number of amides is 1. The fraction of sp³-hybridized carbons (Fsp3) is 0.333. The van der Waals surface area contributed by atoms with E-state index in [9.17, 15) is 9.18 Å². The van der Waals surface area contributed by atoms with Gasteiger partial charge in [-0.1, -0.05) is 36.3 Å². The number of para-hydroxylation sites is 1. The molecule has 1 atom stereocenters. The molecule has 2 aromatic rings. The largest absolute Gasteiger partial charge is 0.496 e. The zero-order valence-electron chi connectivity index (χ0n) is 15.5. The lowest BCUT2D eigenvalue weighted by atomic mass is 10.0. The van der Waals surface area contributed by atoms with Crippen molar-refractivity contribution in [1.29, 1.82) is 0 Å². The number of nitrogens with zero attached hydrogens (tertiary/aromatic N) is 2. The van der Waals surface area contributed by atoms with Gasteiger partial charge in [-0.25, -0.2) is 4.39 Å². The Morgan fingerprint density at radius 2 is 2.00 bits per heavy atom. The molecule has 5 nitrogen and oxygen atoms in total. The van der Waals surface area contributed by atoms with Gasteiger partial charge < -0.3 is 14.5 Å². The molecule has 0 aromatic heterocycles. The maximum Gasteiger partial charge on any atom is 0.222 e. The molecule has 0 bridgehead atoms. The van der Waals surface area contributed by atoms with E-state index in [1.54, 1.807) is 24.1 Å². The SMILES string of the molecule is CCC(=O)N(Cc1ccc(F)cc1)C[C@H]1CC(c2ccccc2OC)=NO1. The van der Waals surface area contributed by atoms with Crippen molar-refractivity contribution in [3.8, 4) is 5.75 Å². The highest BCUT2D eigenvalue weighted by Gasteiger charge is 2.27. The molecule has 0 radical (unpaired) electrons. The molecule has 1 amide bonds. The van der Waals surface area contributed by atoms with Gasteiger partial charge in [-0.3, -0.25) is 4.79 Å². The van der Waals surface area contributed by atoms with E-state index in [0.29, 0.717) is 25.9 Å². The van der Waals surface area contributed by atoms with Crippen molar-refractivity contribution in [3.63, 3.8) is 0 Å². The lowest BCUT2D eigenvalue weighted by Crippen LogP contribution is -2.36. The van der Waals surface area contributed by atoms with Gasteiger partial charge in [-0.05, 0) is 29.8 Å². The molecule has 0 aliphatic carbocycles. The maximum atomic E-state index is 13.1. The fourth-order valence-electron chi connectivity index (χ4n) is 3.10. The Balaban J connectivity index is 1.67. The number of hydrogen-bond acceptors (Lipinski definition) is 4. The molecule has 0 N–H and O–H groups in total. The van der Waals surface area contributed by atoms with Crippen molar-refractivity contribution < 1.29 is 18.8 Å². The molecule has 0 spiro atoms. The first-order chi connectivity index (χ1) is 13.1. The summed E-state index contributed by atoms with van der Waals surface area (Å²) in [7, 11) is 1.62. The normalized spacial score (nSPS) is 15.8. The number of methoxy groups -OCH3 is 1. The van der Waals surface area contributed by atoms with Crippen LogP contribution in [0.25, 0.3) is 0 Å². The average Bonchev–Trinajstić information content (AvgIpc) is 3.16. The Morgan fingerprint density at radius 1 is 1.26 bits per heavy atom. The average molecular weight is 370 g/mol. The van der Waals surface area contributed by atoms with Crippen LogP contribution in [0.15, 0.2) is 53.7 Å². The standard InChI is InChI=1S/C21H23FN2O3/c1-3-21(25)24(13-15-8-10-16(22)11-9-15)14-17-12-19(23-27-17)18-6-4-5-7-20(18)26-2/h4-11,17H,3,12-14H2,1-2H3/t17-/m1/s1. The van der Waals surface area contributed by atoms with Crippen molar-refractivity contribution in [2.24, 2.45) is 5.16 Å². The Bertz CT molecular complexity index is 820. The minimum Gasteiger partial charge on any atom is -0.496 e. The molecule has 0 saturated carbocycles. The number of carbonyl (C=O) groups excluding carboxylic acids is 1. The Hall–Kier alpha value is -2.89. The Labute approximate surface area is 158 Å². The molecule has 1 aliphatic heterocycles. The van der Waals surface area contributed by atoms with Crippen LogP contribution in [-0.4, -0.2) is 36.3 Å². The van der Waals surface area contributed by atoms with Gasteiger partial charge in [0, 0.05) is 24.9 Å². The van der Waals surface area contributed by atoms with E-state index in [1.165, 1.54) is 12.1 Å². The van der Waals surface area contributed by atoms with E-state index in [1.807, 2.05) is 31.2 Å². The van der Waals surface area contributed by atoms with E-state index < -0.39 is 0 Å². The highest BCUT2D eigenvalue weighted by molar-refractivity contribution is 6.03. The molecule has 2 aromatic carbocycles. The Kier molecular flexibility index (Phi) is 6.06. The van der Waals surface area contributed by atoms with E-state index in [0.717, 1.165) is 22.6 Å². The smallest absolute Gasteiger partial charge is 0.222 e. The van der Waals surface area contributed by atoms with Crippen LogP contribution >= 0.6 is 0 Å². The topological polar surface area (TPSA) is 51.1 Å². The van der Waals surface area contributed by atoms with Crippen LogP contribution in [-0.2, 0) is 16.2 Å². The van der Waals surface area contributed by atoms with Crippen molar-refractivity contribution >= 4 is 11.6 Å². The quantitative estimate of drug-likeness (QED) is 0.746. The molecule has 3 rings (SSSR count). The highest BCUT2D eigenvalue weighted by Crippen LogP contribution is 2.25. The van der Waals surface area contributed by atoms with Crippen LogP contribution in [0.5, 0.6) is 5.75 Å². The predicted octanol–water partition coefficient (Wildman–Crippen LogP) is 3.77. The molecule has 1 heterocycles. The van der Waals surface area contributed by atoms with E-state index in [-0.39, 0.29) is 17.8 Å². The van der Waals surface area contributed by atoms with Crippen molar-refractivity contribution in [2.75, 3.05) is 13.7 Å². The lowest BCUT2D eigenvalue weighted by Gasteiger charge is -2.24. The summed E-state index contributed by atoms with van der Waals surface area (Å²) in [6, 6.07) is 13.8. The molecular weight excluding hydrogens is 347 g/mol. The summed E-state index contributed by atoms with van der Waals surface area (Å²) >= 11 is 0.